The molecule has 0 bridgehead atoms. The van der Waals surface area contributed by atoms with Gasteiger partial charge in [-0.15, -0.1) is 0 Å². The highest BCUT2D eigenvalue weighted by molar-refractivity contribution is 7.22. The first kappa shape index (κ1) is 9.16. The van der Waals surface area contributed by atoms with Crippen LogP contribution in [0.4, 0.5) is 5.13 Å². The van der Waals surface area contributed by atoms with Crippen LogP contribution in [-0.2, 0) is 0 Å². The van der Waals surface area contributed by atoms with Crippen molar-refractivity contribution in [3.05, 3.63) is 24.3 Å². The number of benzene rings is 1. The minimum Gasteiger partial charge on any atom is -0.361 e. The van der Waals surface area contributed by atoms with Crippen molar-refractivity contribution in [1.29, 1.82) is 0 Å². The Morgan fingerprint density at radius 3 is 2.93 bits per heavy atom. The zero-order valence-corrected chi connectivity index (χ0v) is 9.60. The maximum atomic E-state index is 4.55. The van der Waals surface area contributed by atoms with E-state index in [4.69, 9.17) is 0 Å². The number of nitrogens with zero attached hydrogens (tertiary/aromatic N) is 1. The number of hydrogen-bond acceptors (Lipinski definition) is 3. The van der Waals surface area contributed by atoms with Crippen LogP contribution in [0.2, 0.25) is 0 Å². The summed E-state index contributed by atoms with van der Waals surface area (Å²) in [7, 11) is 0. The molecule has 1 aliphatic carbocycles. The zero-order valence-electron chi connectivity index (χ0n) is 8.79. The molecule has 2 nitrogen and oxygen atoms in total. The van der Waals surface area contributed by atoms with Gasteiger partial charge in [0.1, 0.15) is 0 Å². The molecule has 0 radical (unpaired) electrons. The number of para-hydroxylation sites is 1. The molecule has 1 heterocycles. The molecule has 78 valence electrons. The van der Waals surface area contributed by atoms with Crippen molar-refractivity contribution in [2.45, 2.75) is 19.8 Å². The average Bonchev–Trinajstić information content (AvgIpc) is 2.83. The Labute approximate surface area is 93.3 Å². The average molecular weight is 218 g/mol. The van der Waals surface area contributed by atoms with Crippen LogP contribution < -0.4 is 5.32 Å². The topological polar surface area (TPSA) is 24.9 Å². The Balaban J connectivity index is 1.79. The number of fused-ring (bicyclic) bond motifs is 1. The molecule has 1 N–H and O–H groups in total. The van der Waals surface area contributed by atoms with Crippen LogP contribution in [0.15, 0.2) is 24.3 Å². The van der Waals surface area contributed by atoms with Gasteiger partial charge >= 0.3 is 0 Å². The van der Waals surface area contributed by atoms with Crippen LogP contribution in [0.25, 0.3) is 10.2 Å². The Morgan fingerprint density at radius 1 is 1.40 bits per heavy atom. The van der Waals surface area contributed by atoms with Gasteiger partial charge in [0.2, 0.25) is 0 Å². The van der Waals surface area contributed by atoms with Crippen LogP contribution in [0.3, 0.4) is 0 Å². The largest absolute Gasteiger partial charge is 0.361 e. The lowest BCUT2D eigenvalue weighted by molar-refractivity contribution is 0.610. The number of aromatic nitrogens is 1. The molecule has 1 aliphatic rings. The molecule has 1 aromatic carbocycles. The van der Waals surface area contributed by atoms with Gasteiger partial charge in [0.05, 0.1) is 10.2 Å². The van der Waals surface area contributed by atoms with Gasteiger partial charge in [0.15, 0.2) is 5.13 Å². The highest BCUT2D eigenvalue weighted by Crippen LogP contribution is 2.45. The summed E-state index contributed by atoms with van der Waals surface area (Å²) in [6, 6.07) is 8.29. The van der Waals surface area contributed by atoms with Gasteiger partial charge in [0.25, 0.3) is 0 Å². The lowest BCUT2D eigenvalue weighted by atomic mass is 10.1. The van der Waals surface area contributed by atoms with E-state index in [-0.39, 0.29) is 0 Å². The zero-order chi connectivity index (χ0) is 10.3. The third-order valence-electron chi connectivity index (χ3n) is 3.06. The fourth-order valence-corrected chi connectivity index (χ4v) is 2.49. The van der Waals surface area contributed by atoms with Gasteiger partial charge in [-0.1, -0.05) is 30.4 Å². The summed E-state index contributed by atoms with van der Waals surface area (Å²) in [6.45, 7) is 3.39. The quantitative estimate of drug-likeness (QED) is 0.852. The van der Waals surface area contributed by atoms with Crippen LogP contribution >= 0.6 is 11.3 Å². The molecular formula is C12H14N2S. The SMILES string of the molecule is CC1(CNc2nc3ccccc3s2)CC1. The van der Waals surface area contributed by atoms with E-state index in [1.807, 2.05) is 6.07 Å². The summed E-state index contributed by atoms with van der Waals surface area (Å²) in [5.41, 5.74) is 1.64. The first-order valence-electron chi connectivity index (χ1n) is 5.35. The molecule has 15 heavy (non-hydrogen) atoms. The fourth-order valence-electron chi connectivity index (χ4n) is 1.63. The minimum absolute atomic E-state index is 0.540. The molecule has 1 aromatic heterocycles. The summed E-state index contributed by atoms with van der Waals surface area (Å²) in [6.07, 6.45) is 2.70. The van der Waals surface area contributed by atoms with E-state index in [1.54, 1.807) is 11.3 Å². The molecular weight excluding hydrogens is 204 g/mol. The Bertz CT molecular complexity index is 452. The molecule has 0 spiro atoms. The van der Waals surface area contributed by atoms with E-state index in [1.165, 1.54) is 17.5 Å². The summed E-state index contributed by atoms with van der Waals surface area (Å²) < 4.78 is 1.26. The number of hydrogen-bond donors (Lipinski definition) is 1. The Morgan fingerprint density at radius 2 is 2.20 bits per heavy atom. The number of anilines is 1. The second-order valence-corrected chi connectivity index (χ2v) is 5.68. The summed E-state index contributed by atoms with van der Waals surface area (Å²) >= 11 is 1.74. The fraction of sp³-hybridized carbons (Fsp3) is 0.417. The maximum absolute atomic E-state index is 4.55. The monoisotopic (exact) mass is 218 g/mol. The second kappa shape index (κ2) is 3.20. The smallest absolute Gasteiger partial charge is 0.183 e. The molecule has 0 amide bonds. The van der Waals surface area contributed by atoms with Crippen molar-refractivity contribution in [2.75, 3.05) is 11.9 Å². The van der Waals surface area contributed by atoms with E-state index in [2.05, 4.69) is 35.4 Å². The molecule has 0 saturated heterocycles. The van der Waals surface area contributed by atoms with E-state index >= 15 is 0 Å². The maximum Gasteiger partial charge on any atom is 0.183 e. The predicted octanol–water partition coefficient (Wildman–Crippen LogP) is 3.51. The van der Waals surface area contributed by atoms with E-state index in [9.17, 15) is 0 Å². The van der Waals surface area contributed by atoms with Crippen LogP contribution in [0, 0.1) is 5.41 Å². The van der Waals surface area contributed by atoms with Crippen molar-refractivity contribution >= 4 is 26.7 Å². The van der Waals surface area contributed by atoms with Gasteiger partial charge in [0, 0.05) is 6.54 Å². The van der Waals surface area contributed by atoms with E-state index < -0.39 is 0 Å². The first-order valence-corrected chi connectivity index (χ1v) is 6.16. The minimum atomic E-state index is 0.540. The van der Waals surface area contributed by atoms with E-state index in [0.717, 1.165) is 17.2 Å². The number of nitrogens with one attached hydrogen (secondary N) is 1. The Kier molecular flexibility index (Phi) is 1.96. The van der Waals surface area contributed by atoms with Crippen molar-refractivity contribution in [3.63, 3.8) is 0 Å². The van der Waals surface area contributed by atoms with Gasteiger partial charge in [-0.3, -0.25) is 0 Å². The van der Waals surface area contributed by atoms with Crippen molar-refractivity contribution in [2.24, 2.45) is 5.41 Å². The molecule has 1 saturated carbocycles. The number of rotatable bonds is 3. The molecule has 3 rings (SSSR count). The van der Waals surface area contributed by atoms with E-state index in [0.29, 0.717) is 5.41 Å². The summed E-state index contributed by atoms with van der Waals surface area (Å²) in [5.74, 6) is 0. The highest BCUT2D eigenvalue weighted by atomic mass is 32.1. The third-order valence-corrected chi connectivity index (χ3v) is 4.06. The lowest BCUT2D eigenvalue weighted by Gasteiger charge is -2.07. The van der Waals surface area contributed by atoms with Crippen LogP contribution in [0.1, 0.15) is 19.8 Å². The van der Waals surface area contributed by atoms with Gasteiger partial charge in [-0.25, -0.2) is 4.98 Å². The first-order chi connectivity index (χ1) is 7.25. The van der Waals surface area contributed by atoms with Gasteiger partial charge < -0.3 is 5.32 Å². The molecule has 3 heteroatoms. The molecule has 1 fully saturated rings. The Hall–Kier alpha value is -1.09. The van der Waals surface area contributed by atoms with Crippen molar-refractivity contribution in [1.82, 2.24) is 4.98 Å². The normalized spacial score (nSPS) is 17.9. The standard InChI is InChI=1S/C12H14N2S/c1-12(6-7-12)8-13-11-14-9-4-2-3-5-10(9)15-11/h2-5H,6-8H2,1H3,(H,13,14). The predicted molar refractivity (Wildman–Crippen MR) is 65.5 cm³/mol. The van der Waals surface area contributed by atoms with Gasteiger partial charge in [-0.2, -0.15) is 0 Å². The third kappa shape index (κ3) is 1.84. The van der Waals surface area contributed by atoms with Gasteiger partial charge in [-0.05, 0) is 30.4 Å². The highest BCUT2D eigenvalue weighted by Gasteiger charge is 2.36. The summed E-state index contributed by atoms with van der Waals surface area (Å²) in [5, 5.41) is 4.50. The van der Waals surface area contributed by atoms with Crippen molar-refractivity contribution < 1.29 is 0 Å². The number of thiazole rings is 1. The lowest BCUT2D eigenvalue weighted by Crippen LogP contribution is -2.11. The molecule has 0 atom stereocenters. The molecule has 0 aliphatic heterocycles. The summed E-state index contributed by atoms with van der Waals surface area (Å²) in [4.78, 5) is 4.55. The second-order valence-electron chi connectivity index (χ2n) is 4.65. The van der Waals surface area contributed by atoms with Crippen molar-refractivity contribution in [3.8, 4) is 0 Å². The molecule has 0 unspecified atom stereocenters. The van der Waals surface area contributed by atoms with Crippen LogP contribution in [0.5, 0.6) is 0 Å². The van der Waals surface area contributed by atoms with Crippen LogP contribution in [-0.4, -0.2) is 11.5 Å². The molecule has 2 aromatic rings.